The van der Waals surface area contributed by atoms with Crippen LogP contribution in [0.4, 0.5) is 4.39 Å². The summed E-state index contributed by atoms with van der Waals surface area (Å²) in [6, 6.07) is 6.09. The summed E-state index contributed by atoms with van der Waals surface area (Å²) >= 11 is 0. The van der Waals surface area contributed by atoms with E-state index in [0.717, 1.165) is 32.5 Å². The molecular formula is C15H22FNO2. The highest BCUT2D eigenvalue weighted by molar-refractivity contribution is 5.21. The lowest BCUT2D eigenvalue weighted by Crippen LogP contribution is -2.41. The average Bonchev–Trinajstić information content (AvgIpc) is 2.41. The molecule has 19 heavy (non-hydrogen) atoms. The average molecular weight is 267 g/mol. The van der Waals surface area contributed by atoms with E-state index in [1.165, 1.54) is 12.1 Å². The Labute approximate surface area is 114 Å². The van der Waals surface area contributed by atoms with Gasteiger partial charge in [0.25, 0.3) is 0 Å². The van der Waals surface area contributed by atoms with Gasteiger partial charge in [0.1, 0.15) is 18.2 Å². The molecule has 0 bridgehead atoms. The van der Waals surface area contributed by atoms with E-state index in [-0.39, 0.29) is 11.9 Å². The minimum Gasteiger partial charge on any atom is -0.492 e. The fourth-order valence-corrected chi connectivity index (χ4v) is 2.51. The monoisotopic (exact) mass is 267 g/mol. The van der Waals surface area contributed by atoms with Crippen LogP contribution >= 0.6 is 0 Å². The third-order valence-corrected chi connectivity index (χ3v) is 3.71. The van der Waals surface area contributed by atoms with Crippen molar-refractivity contribution in [3.8, 4) is 5.75 Å². The molecule has 1 fully saturated rings. The molecule has 1 saturated heterocycles. The first-order chi connectivity index (χ1) is 9.15. The molecule has 4 heteroatoms. The van der Waals surface area contributed by atoms with Gasteiger partial charge in [0.2, 0.25) is 0 Å². The highest BCUT2D eigenvalue weighted by Crippen LogP contribution is 2.19. The quantitative estimate of drug-likeness (QED) is 0.888. The van der Waals surface area contributed by atoms with Crippen molar-refractivity contribution in [2.45, 2.75) is 25.9 Å². The molecule has 2 atom stereocenters. The van der Waals surface area contributed by atoms with Crippen molar-refractivity contribution in [3.63, 3.8) is 0 Å². The largest absolute Gasteiger partial charge is 0.492 e. The van der Waals surface area contributed by atoms with Crippen molar-refractivity contribution in [1.82, 2.24) is 4.90 Å². The first-order valence-corrected chi connectivity index (χ1v) is 6.94. The summed E-state index contributed by atoms with van der Waals surface area (Å²) in [5.41, 5.74) is 0. The summed E-state index contributed by atoms with van der Waals surface area (Å²) in [6.07, 6.45) is 2.00. The Morgan fingerprint density at radius 3 is 2.84 bits per heavy atom. The van der Waals surface area contributed by atoms with Crippen LogP contribution in [0.15, 0.2) is 24.3 Å². The molecule has 1 aliphatic rings. The summed E-state index contributed by atoms with van der Waals surface area (Å²) in [5.74, 6) is 0.827. The summed E-state index contributed by atoms with van der Waals surface area (Å²) in [4.78, 5) is 2.32. The van der Waals surface area contributed by atoms with E-state index in [1.54, 1.807) is 12.1 Å². The van der Waals surface area contributed by atoms with Gasteiger partial charge in [0, 0.05) is 13.1 Å². The summed E-state index contributed by atoms with van der Waals surface area (Å²) < 4.78 is 18.3. The number of benzene rings is 1. The standard InChI is InChI=1S/C15H22FNO2/c1-12(18)13-3-2-8-17(11-13)9-10-19-15-6-4-14(16)5-7-15/h4-7,12-13,18H,2-3,8-11H2,1H3. The fourth-order valence-electron chi connectivity index (χ4n) is 2.51. The Hall–Kier alpha value is -1.13. The van der Waals surface area contributed by atoms with Crippen molar-refractivity contribution in [2.75, 3.05) is 26.2 Å². The molecule has 2 unspecified atom stereocenters. The SMILES string of the molecule is CC(O)C1CCCN(CCOc2ccc(F)cc2)C1. The molecular weight excluding hydrogens is 245 g/mol. The predicted octanol–water partition coefficient (Wildman–Crippen LogP) is 2.30. The van der Waals surface area contributed by atoms with Crippen molar-refractivity contribution in [3.05, 3.63) is 30.1 Å². The molecule has 1 aromatic rings. The number of aliphatic hydroxyl groups is 1. The van der Waals surface area contributed by atoms with E-state index >= 15 is 0 Å². The summed E-state index contributed by atoms with van der Waals surface area (Å²) in [5, 5.41) is 9.63. The number of aliphatic hydroxyl groups excluding tert-OH is 1. The first-order valence-electron chi connectivity index (χ1n) is 6.94. The Balaban J connectivity index is 1.72. The number of halogens is 1. The highest BCUT2D eigenvalue weighted by atomic mass is 19.1. The number of rotatable bonds is 5. The second kappa shape index (κ2) is 6.87. The minimum absolute atomic E-state index is 0.235. The van der Waals surface area contributed by atoms with Gasteiger partial charge in [-0.2, -0.15) is 0 Å². The lowest BCUT2D eigenvalue weighted by Gasteiger charge is -2.33. The van der Waals surface area contributed by atoms with Crippen molar-refractivity contribution in [2.24, 2.45) is 5.92 Å². The van der Waals surface area contributed by atoms with Crippen LogP contribution in [-0.4, -0.2) is 42.4 Å². The van der Waals surface area contributed by atoms with E-state index in [2.05, 4.69) is 4.90 Å². The second-order valence-electron chi connectivity index (χ2n) is 5.25. The van der Waals surface area contributed by atoms with Gasteiger partial charge >= 0.3 is 0 Å². The van der Waals surface area contributed by atoms with Gasteiger partial charge < -0.3 is 9.84 Å². The molecule has 3 nitrogen and oxygen atoms in total. The molecule has 0 amide bonds. The smallest absolute Gasteiger partial charge is 0.123 e. The van der Waals surface area contributed by atoms with Crippen molar-refractivity contribution < 1.29 is 14.2 Å². The third kappa shape index (κ3) is 4.48. The summed E-state index contributed by atoms with van der Waals surface area (Å²) in [6.45, 7) is 5.31. The van der Waals surface area contributed by atoms with Gasteiger partial charge in [-0.1, -0.05) is 0 Å². The number of hydrogen-bond donors (Lipinski definition) is 1. The molecule has 1 heterocycles. The Bertz CT molecular complexity index is 380. The molecule has 0 aliphatic carbocycles. The fraction of sp³-hybridized carbons (Fsp3) is 0.600. The highest BCUT2D eigenvalue weighted by Gasteiger charge is 2.22. The molecule has 0 spiro atoms. The molecule has 1 N–H and O–H groups in total. The topological polar surface area (TPSA) is 32.7 Å². The predicted molar refractivity (Wildman–Crippen MR) is 72.7 cm³/mol. The van der Waals surface area contributed by atoms with E-state index < -0.39 is 0 Å². The molecule has 2 rings (SSSR count). The maximum Gasteiger partial charge on any atom is 0.123 e. The maximum atomic E-state index is 12.7. The normalized spacial score (nSPS) is 22.2. The Morgan fingerprint density at radius 2 is 2.16 bits per heavy atom. The zero-order valence-corrected chi connectivity index (χ0v) is 11.4. The van der Waals surface area contributed by atoms with Gasteiger partial charge in [-0.05, 0) is 56.5 Å². The molecule has 106 valence electrons. The van der Waals surface area contributed by atoms with Gasteiger partial charge in [-0.3, -0.25) is 4.90 Å². The van der Waals surface area contributed by atoms with E-state index in [9.17, 15) is 9.50 Å². The Morgan fingerprint density at radius 1 is 1.42 bits per heavy atom. The van der Waals surface area contributed by atoms with E-state index in [0.29, 0.717) is 18.3 Å². The zero-order chi connectivity index (χ0) is 13.7. The molecule has 1 aromatic carbocycles. The first kappa shape index (κ1) is 14.3. The molecule has 0 radical (unpaired) electrons. The van der Waals surface area contributed by atoms with Crippen LogP contribution in [0.5, 0.6) is 5.75 Å². The van der Waals surface area contributed by atoms with E-state index in [1.807, 2.05) is 6.92 Å². The number of nitrogens with zero attached hydrogens (tertiary/aromatic N) is 1. The van der Waals surface area contributed by atoms with Crippen LogP contribution < -0.4 is 4.74 Å². The lowest BCUT2D eigenvalue weighted by atomic mass is 9.93. The zero-order valence-electron chi connectivity index (χ0n) is 11.4. The molecule has 0 saturated carbocycles. The summed E-state index contributed by atoms with van der Waals surface area (Å²) in [7, 11) is 0. The van der Waals surface area contributed by atoms with Crippen molar-refractivity contribution >= 4 is 0 Å². The third-order valence-electron chi connectivity index (χ3n) is 3.71. The van der Waals surface area contributed by atoms with Crippen LogP contribution in [0.1, 0.15) is 19.8 Å². The molecule has 1 aliphatic heterocycles. The number of ether oxygens (including phenoxy) is 1. The number of piperidine rings is 1. The lowest BCUT2D eigenvalue weighted by molar-refractivity contribution is 0.0573. The van der Waals surface area contributed by atoms with Crippen molar-refractivity contribution in [1.29, 1.82) is 0 Å². The van der Waals surface area contributed by atoms with Gasteiger partial charge in [0.05, 0.1) is 6.10 Å². The van der Waals surface area contributed by atoms with E-state index in [4.69, 9.17) is 4.74 Å². The van der Waals surface area contributed by atoms with Crippen LogP contribution in [-0.2, 0) is 0 Å². The van der Waals surface area contributed by atoms with Gasteiger partial charge in [-0.25, -0.2) is 4.39 Å². The van der Waals surface area contributed by atoms with Crippen LogP contribution in [0.2, 0.25) is 0 Å². The van der Waals surface area contributed by atoms with Crippen LogP contribution in [0.25, 0.3) is 0 Å². The van der Waals surface area contributed by atoms with Crippen LogP contribution in [0.3, 0.4) is 0 Å². The number of hydrogen-bond acceptors (Lipinski definition) is 3. The minimum atomic E-state index is -0.247. The van der Waals surface area contributed by atoms with Gasteiger partial charge in [0.15, 0.2) is 0 Å². The van der Waals surface area contributed by atoms with Gasteiger partial charge in [-0.15, -0.1) is 0 Å². The number of likely N-dealkylation sites (tertiary alicyclic amines) is 1. The van der Waals surface area contributed by atoms with Crippen LogP contribution in [0, 0.1) is 11.7 Å². The Kier molecular flexibility index (Phi) is 5.16. The maximum absolute atomic E-state index is 12.7. The second-order valence-corrected chi connectivity index (χ2v) is 5.25. The molecule has 0 aromatic heterocycles.